The topological polar surface area (TPSA) is 124 Å². The van der Waals surface area contributed by atoms with Gasteiger partial charge >= 0.3 is 0 Å². The lowest BCUT2D eigenvalue weighted by molar-refractivity contribution is 0.191. The quantitative estimate of drug-likeness (QED) is 0.401. The third-order valence-corrected chi connectivity index (χ3v) is 5.65. The van der Waals surface area contributed by atoms with Crippen molar-refractivity contribution in [3.05, 3.63) is 59.2 Å². The molecule has 8 nitrogen and oxygen atoms in total. The second kappa shape index (κ2) is 7.98. The Kier molecular flexibility index (Phi) is 5.34. The summed E-state index contributed by atoms with van der Waals surface area (Å²) in [6.07, 6.45) is 7.40. The van der Waals surface area contributed by atoms with Crippen LogP contribution in [0.2, 0.25) is 0 Å². The molecule has 1 aliphatic carbocycles. The zero-order valence-corrected chi connectivity index (χ0v) is 17.6. The Morgan fingerprint density at radius 3 is 2.65 bits per heavy atom. The minimum absolute atomic E-state index is 0.0452. The molecule has 0 amide bonds. The molecular weight excluding hydrogens is 397 g/mol. The molecule has 1 aliphatic heterocycles. The van der Waals surface area contributed by atoms with Crippen molar-refractivity contribution in [3.63, 3.8) is 0 Å². The van der Waals surface area contributed by atoms with Crippen LogP contribution in [0.15, 0.2) is 36.4 Å². The zero-order valence-electron chi connectivity index (χ0n) is 17.6. The summed E-state index contributed by atoms with van der Waals surface area (Å²) in [5.41, 5.74) is 7.71. The monoisotopic (exact) mass is 423 g/mol. The average Bonchev–Trinajstić information content (AvgIpc) is 3.49. The molecule has 4 rings (SSSR count). The minimum Gasteiger partial charge on any atom is -0.484 e. The van der Waals surface area contributed by atoms with E-state index in [0.29, 0.717) is 18.9 Å². The van der Waals surface area contributed by atoms with Crippen molar-refractivity contribution in [2.24, 2.45) is 0 Å². The van der Waals surface area contributed by atoms with Crippen LogP contribution >= 0.6 is 0 Å². The van der Waals surface area contributed by atoms with Gasteiger partial charge in [-0.2, -0.15) is 0 Å². The number of nitrogens with two attached hydrogens (primary N) is 1. The Morgan fingerprint density at radius 1 is 1.26 bits per heavy atom. The van der Waals surface area contributed by atoms with Gasteiger partial charge < -0.3 is 20.7 Å². The molecule has 9 heteroatoms. The predicted octanol–water partition coefficient (Wildman–Crippen LogP) is 2.64. The van der Waals surface area contributed by atoms with Crippen LogP contribution in [0.3, 0.4) is 0 Å². The van der Waals surface area contributed by atoms with Crippen molar-refractivity contribution in [1.29, 1.82) is 10.8 Å². The maximum Gasteiger partial charge on any atom is 0.167 e. The van der Waals surface area contributed by atoms with E-state index in [-0.39, 0.29) is 34.0 Å². The fraction of sp³-hybridized carbons (Fsp3) is 0.364. The predicted molar refractivity (Wildman–Crippen MR) is 117 cm³/mol. The molecule has 2 aliphatic rings. The van der Waals surface area contributed by atoms with Crippen molar-refractivity contribution in [1.82, 2.24) is 20.2 Å². The molecule has 31 heavy (non-hydrogen) atoms. The molecule has 0 radical (unpaired) electrons. The molecule has 0 atom stereocenters. The summed E-state index contributed by atoms with van der Waals surface area (Å²) < 4.78 is 20.1. The molecule has 2 heterocycles. The molecule has 1 saturated carbocycles. The summed E-state index contributed by atoms with van der Waals surface area (Å²) in [6, 6.07) is 2.58. The van der Waals surface area contributed by atoms with Crippen LogP contribution in [0.4, 0.5) is 10.1 Å². The number of rotatable bonds is 7. The highest BCUT2D eigenvalue weighted by Gasteiger charge is 2.40. The lowest BCUT2D eigenvalue weighted by Crippen LogP contribution is -2.36. The van der Waals surface area contributed by atoms with Crippen LogP contribution in [-0.2, 0) is 13.0 Å². The molecule has 0 saturated heterocycles. The van der Waals surface area contributed by atoms with E-state index >= 15 is 0 Å². The van der Waals surface area contributed by atoms with Crippen molar-refractivity contribution in [2.75, 3.05) is 19.3 Å². The summed E-state index contributed by atoms with van der Waals surface area (Å²) >= 11 is 0. The van der Waals surface area contributed by atoms with Crippen LogP contribution in [0.5, 0.6) is 5.75 Å². The molecular formula is C22H26FN7O. The summed E-state index contributed by atoms with van der Waals surface area (Å²) in [5.74, 6) is 0.188. The van der Waals surface area contributed by atoms with Gasteiger partial charge in [0, 0.05) is 55.8 Å². The van der Waals surface area contributed by atoms with Crippen LogP contribution in [0, 0.1) is 16.6 Å². The van der Waals surface area contributed by atoms with Gasteiger partial charge in [0.15, 0.2) is 11.6 Å². The van der Waals surface area contributed by atoms with Crippen molar-refractivity contribution >= 4 is 17.1 Å². The number of hydrogen-bond acceptors (Lipinski definition) is 8. The van der Waals surface area contributed by atoms with E-state index in [1.54, 1.807) is 25.5 Å². The molecule has 1 aromatic heterocycles. The third-order valence-electron chi connectivity index (χ3n) is 5.65. The van der Waals surface area contributed by atoms with E-state index < -0.39 is 5.82 Å². The van der Waals surface area contributed by atoms with Gasteiger partial charge in [-0.25, -0.2) is 4.39 Å². The smallest absolute Gasteiger partial charge is 0.167 e. The van der Waals surface area contributed by atoms with Gasteiger partial charge in [-0.1, -0.05) is 0 Å². The van der Waals surface area contributed by atoms with Crippen LogP contribution in [0.25, 0.3) is 0 Å². The number of hydrogen-bond donors (Lipinski definition) is 4. The van der Waals surface area contributed by atoms with Gasteiger partial charge in [-0.3, -0.25) is 20.8 Å². The first-order valence-corrected chi connectivity index (χ1v) is 10.2. The number of fused-ring (bicyclic) bond motifs is 1. The first kappa shape index (κ1) is 20.8. The lowest BCUT2D eigenvalue weighted by atomic mass is 10.0. The number of aromatic nitrogens is 2. The van der Waals surface area contributed by atoms with Gasteiger partial charge in [0.25, 0.3) is 0 Å². The molecule has 5 N–H and O–H groups in total. The Morgan fingerprint density at radius 2 is 1.97 bits per heavy atom. The first-order valence-electron chi connectivity index (χ1n) is 10.2. The van der Waals surface area contributed by atoms with Crippen molar-refractivity contribution in [2.45, 2.75) is 38.3 Å². The SMILES string of the molecule is CN/C(=C\C(=N)C(=N)c1cc(OC2(C)CC2)c(F)cc1N)N1CCc2nccnc2C1. The van der Waals surface area contributed by atoms with Crippen LogP contribution < -0.4 is 15.8 Å². The number of nitrogens with zero attached hydrogens (tertiary/aromatic N) is 3. The Bertz CT molecular complexity index is 1080. The van der Waals surface area contributed by atoms with Crippen molar-refractivity contribution in [3.8, 4) is 5.75 Å². The van der Waals surface area contributed by atoms with Gasteiger partial charge in [-0.15, -0.1) is 0 Å². The highest BCUT2D eigenvalue weighted by Crippen LogP contribution is 2.41. The van der Waals surface area contributed by atoms with E-state index in [1.165, 1.54) is 6.07 Å². The summed E-state index contributed by atoms with van der Waals surface area (Å²) in [4.78, 5) is 10.8. The summed E-state index contributed by atoms with van der Waals surface area (Å²) in [7, 11) is 1.77. The molecule has 0 bridgehead atoms. The second-order valence-electron chi connectivity index (χ2n) is 8.11. The number of allylic oxidation sites excluding steroid dienone is 1. The largest absolute Gasteiger partial charge is 0.484 e. The van der Waals surface area contributed by atoms with Gasteiger partial charge in [0.2, 0.25) is 0 Å². The molecule has 2 aromatic rings. The number of halogens is 1. The maximum atomic E-state index is 14.3. The maximum absolute atomic E-state index is 14.3. The number of ether oxygens (including phenoxy) is 1. The Labute approximate surface area is 180 Å². The van der Waals surface area contributed by atoms with Gasteiger partial charge in [0.1, 0.15) is 11.4 Å². The molecule has 1 fully saturated rings. The highest BCUT2D eigenvalue weighted by atomic mass is 19.1. The molecule has 0 spiro atoms. The van der Waals surface area contributed by atoms with E-state index in [9.17, 15) is 4.39 Å². The molecule has 162 valence electrons. The molecule has 1 aromatic carbocycles. The van der Waals surface area contributed by atoms with Gasteiger partial charge in [-0.05, 0) is 25.8 Å². The highest BCUT2D eigenvalue weighted by molar-refractivity contribution is 6.50. The standard InChI is InChI=1S/C22H26FN7O/c1-22(4-5-22)31-19-9-13(15(24)10-14(19)23)21(26)16(25)11-20(27-2)30-8-3-17-18(12-30)29-7-6-28-17/h6-7,9-11,25-27H,3-5,8,12,24H2,1-2H3/b20-11+,25-16?,26-21?. The van der Waals surface area contributed by atoms with Crippen molar-refractivity contribution < 1.29 is 9.13 Å². The summed E-state index contributed by atoms with van der Waals surface area (Å²) in [6.45, 7) is 3.19. The second-order valence-corrected chi connectivity index (χ2v) is 8.11. The zero-order chi connectivity index (χ0) is 22.2. The average molecular weight is 423 g/mol. The number of benzene rings is 1. The lowest BCUT2D eigenvalue weighted by Gasteiger charge is -2.31. The van der Waals surface area contributed by atoms with E-state index in [1.807, 2.05) is 6.92 Å². The Balaban J connectivity index is 1.55. The number of nitrogen functional groups attached to an aromatic ring is 1. The fourth-order valence-electron chi connectivity index (χ4n) is 3.53. The molecule has 0 unspecified atom stereocenters. The van der Waals surface area contributed by atoms with E-state index in [0.717, 1.165) is 36.7 Å². The third kappa shape index (κ3) is 4.35. The first-order chi connectivity index (χ1) is 14.8. The van der Waals surface area contributed by atoms with E-state index in [2.05, 4.69) is 20.2 Å². The fourth-order valence-corrected chi connectivity index (χ4v) is 3.53. The van der Waals surface area contributed by atoms with Crippen LogP contribution in [-0.4, -0.2) is 45.5 Å². The normalized spacial score (nSPS) is 17.0. The van der Waals surface area contributed by atoms with Gasteiger partial charge in [0.05, 0.1) is 29.4 Å². The van der Waals surface area contributed by atoms with Crippen LogP contribution in [0.1, 0.15) is 36.7 Å². The van der Waals surface area contributed by atoms with E-state index in [4.69, 9.17) is 21.3 Å². The Hall–Kier alpha value is -3.49. The number of nitrogens with one attached hydrogen (secondary N) is 3. The number of anilines is 1. The minimum atomic E-state index is -0.562. The summed E-state index contributed by atoms with van der Waals surface area (Å²) in [5, 5.41) is 20.1.